The molecule has 2 unspecified atom stereocenters. The number of allylic oxidation sites excluding steroid dienone is 3. The first-order valence-electron chi connectivity index (χ1n) is 8.68. The molecule has 0 saturated heterocycles. The van der Waals surface area contributed by atoms with Crippen LogP contribution < -0.4 is 0 Å². The fourth-order valence-electron chi connectivity index (χ4n) is 2.38. The van der Waals surface area contributed by atoms with Crippen molar-refractivity contribution in [2.45, 2.75) is 83.3 Å². The molecule has 0 aromatic rings. The highest BCUT2D eigenvalue weighted by atomic mass is 16.6. The minimum Gasteiger partial charge on any atom is -0.386 e. The lowest BCUT2D eigenvalue weighted by atomic mass is 10.00. The number of hydrogen-bond donors (Lipinski definition) is 1. The molecule has 0 aromatic heterocycles. The van der Waals surface area contributed by atoms with Crippen molar-refractivity contribution in [2.75, 3.05) is 0 Å². The largest absolute Gasteiger partial charge is 0.386 e. The maximum Gasteiger partial charge on any atom is 0.238 e. The predicted octanol–water partition coefficient (Wildman–Crippen LogP) is 4.22. The first-order chi connectivity index (χ1) is 11.1. The highest BCUT2D eigenvalue weighted by Crippen LogP contribution is 2.14. The van der Waals surface area contributed by atoms with Gasteiger partial charge in [0, 0.05) is 17.8 Å². The van der Waals surface area contributed by atoms with Crippen molar-refractivity contribution in [3.8, 4) is 0 Å². The molecule has 0 radical (unpaired) electrons. The Hall–Kier alpha value is -1.49. The van der Waals surface area contributed by atoms with Crippen molar-refractivity contribution in [1.29, 1.82) is 0 Å². The van der Waals surface area contributed by atoms with Crippen molar-refractivity contribution in [3.63, 3.8) is 0 Å². The Bertz CT molecular complexity index is 366. The summed E-state index contributed by atoms with van der Waals surface area (Å²) in [5, 5.41) is 21.1. The van der Waals surface area contributed by atoms with Gasteiger partial charge in [0.15, 0.2) is 0 Å². The first-order valence-corrected chi connectivity index (χ1v) is 8.68. The average Bonchev–Trinajstić information content (AvgIpc) is 2.52. The molecule has 0 aromatic carbocycles. The number of unbranched alkanes of at least 4 members (excludes halogenated alkanes) is 5. The van der Waals surface area contributed by atoms with Gasteiger partial charge in [0.05, 0.1) is 0 Å². The number of aliphatic hydroxyl groups is 1. The number of carbonyl (C=O) groups is 1. The molecule has 0 saturated carbocycles. The van der Waals surface area contributed by atoms with E-state index in [4.69, 9.17) is 0 Å². The number of nitrogens with zero attached hydrogens (tertiary/aromatic N) is 1. The molecule has 0 aliphatic carbocycles. The highest BCUT2D eigenvalue weighted by molar-refractivity contribution is 5.48. The lowest BCUT2D eigenvalue weighted by molar-refractivity contribution is -0.535. The van der Waals surface area contributed by atoms with Gasteiger partial charge in [-0.2, -0.15) is 0 Å². The SMILES string of the molecule is CC/C=C\C/C=C\CC(O)C(CCCCCCCC=O)[N+](=O)[O-]. The zero-order valence-electron chi connectivity index (χ0n) is 14.2. The van der Waals surface area contributed by atoms with Crippen LogP contribution in [0.3, 0.4) is 0 Å². The first kappa shape index (κ1) is 21.5. The highest BCUT2D eigenvalue weighted by Gasteiger charge is 2.27. The van der Waals surface area contributed by atoms with Gasteiger partial charge >= 0.3 is 0 Å². The number of carbonyl (C=O) groups excluding carboxylic acids is 1. The number of nitro groups is 1. The molecule has 132 valence electrons. The topological polar surface area (TPSA) is 80.4 Å². The van der Waals surface area contributed by atoms with E-state index < -0.39 is 12.1 Å². The Morgan fingerprint density at radius 3 is 2.35 bits per heavy atom. The summed E-state index contributed by atoms with van der Waals surface area (Å²) >= 11 is 0. The summed E-state index contributed by atoms with van der Waals surface area (Å²) in [6, 6.07) is -0.888. The molecule has 0 bridgehead atoms. The quantitative estimate of drug-likeness (QED) is 0.161. The van der Waals surface area contributed by atoms with Gasteiger partial charge in [-0.1, -0.05) is 50.5 Å². The van der Waals surface area contributed by atoms with E-state index >= 15 is 0 Å². The Morgan fingerprint density at radius 1 is 1.04 bits per heavy atom. The average molecular weight is 325 g/mol. The molecular weight excluding hydrogens is 294 g/mol. The molecule has 23 heavy (non-hydrogen) atoms. The molecule has 0 spiro atoms. The zero-order valence-corrected chi connectivity index (χ0v) is 14.2. The molecule has 5 nitrogen and oxygen atoms in total. The molecule has 0 rings (SSSR count). The standard InChI is InChI=1S/C18H31NO4/c1-2-3-4-5-9-12-15-18(21)17(19(22)23)14-11-8-6-7-10-13-16-20/h3-4,9,12,16-18,21H,2,5-8,10-11,13-15H2,1H3/b4-3-,12-9-. The Labute approximate surface area is 139 Å². The van der Waals surface area contributed by atoms with Crippen molar-refractivity contribution >= 4 is 6.29 Å². The van der Waals surface area contributed by atoms with E-state index in [9.17, 15) is 20.0 Å². The molecule has 0 fully saturated rings. The fourth-order valence-corrected chi connectivity index (χ4v) is 2.38. The number of hydrogen-bond acceptors (Lipinski definition) is 4. The summed E-state index contributed by atoms with van der Waals surface area (Å²) in [6.45, 7) is 2.06. The minimum absolute atomic E-state index is 0.324. The summed E-state index contributed by atoms with van der Waals surface area (Å²) in [5.74, 6) is 0. The van der Waals surface area contributed by atoms with Crippen LogP contribution in [0.15, 0.2) is 24.3 Å². The number of aliphatic hydroxyl groups excluding tert-OH is 1. The van der Waals surface area contributed by atoms with Crippen molar-refractivity contribution in [2.24, 2.45) is 0 Å². The second-order valence-electron chi connectivity index (χ2n) is 5.75. The van der Waals surface area contributed by atoms with Crippen LogP contribution in [0, 0.1) is 10.1 Å². The molecule has 0 amide bonds. The third-order valence-corrected chi connectivity index (χ3v) is 3.76. The predicted molar refractivity (Wildman–Crippen MR) is 93.0 cm³/mol. The van der Waals surface area contributed by atoms with Crippen LogP contribution in [0.5, 0.6) is 0 Å². The van der Waals surface area contributed by atoms with E-state index in [2.05, 4.69) is 13.0 Å². The van der Waals surface area contributed by atoms with E-state index in [1.807, 2.05) is 18.2 Å². The minimum atomic E-state index is -0.925. The van der Waals surface area contributed by atoms with Crippen molar-refractivity contribution < 1.29 is 14.8 Å². The van der Waals surface area contributed by atoms with Crippen LogP contribution in [0.1, 0.15) is 71.1 Å². The van der Waals surface area contributed by atoms with E-state index in [0.29, 0.717) is 19.3 Å². The van der Waals surface area contributed by atoms with Crippen molar-refractivity contribution in [3.05, 3.63) is 34.4 Å². The Kier molecular flexibility index (Phi) is 14.4. The Morgan fingerprint density at radius 2 is 1.70 bits per heavy atom. The van der Waals surface area contributed by atoms with Gasteiger partial charge in [-0.05, 0) is 32.1 Å². The normalized spacial score (nSPS) is 14.3. The van der Waals surface area contributed by atoms with Crippen LogP contribution in [-0.2, 0) is 4.79 Å². The molecule has 0 aliphatic rings. The monoisotopic (exact) mass is 325 g/mol. The summed E-state index contributed by atoms with van der Waals surface area (Å²) in [7, 11) is 0. The number of rotatable bonds is 15. The summed E-state index contributed by atoms with van der Waals surface area (Å²) in [4.78, 5) is 20.9. The molecule has 0 heterocycles. The van der Waals surface area contributed by atoms with E-state index in [0.717, 1.165) is 51.2 Å². The Balaban J connectivity index is 3.96. The van der Waals surface area contributed by atoms with E-state index in [1.165, 1.54) is 0 Å². The molecule has 5 heteroatoms. The smallest absolute Gasteiger partial charge is 0.238 e. The summed E-state index contributed by atoms with van der Waals surface area (Å²) < 4.78 is 0. The summed E-state index contributed by atoms with van der Waals surface area (Å²) in [6.07, 6.45) is 15.5. The van der Waals surface area contributed by atoms with Crippen LogP contribution in [0.4, 0.5) is 0 Å². The van der Waals surface area contributed by atoms with Gasteiger partial charge in [0.25, 0.3) is 0 Å². The van der Waals surface area contributed by atoms with E-state index in [1.54, 1.807) is 0 Å². The van der Waals surface area contributed by atoms with Gasteiger partial charge in [-0.3, -0.25) is 10.1 Å². The van der Waals surface area contributed by atoms with Crippen LogP contribution >= 0.6 is 0 Å². The van der Waals surface area contributed by atoms with Gasteiger partial charge in [0.2, 0.25) is 6.04 Å². The lowest BCUT2D eigenvalue weighted by Gasteiger charge is -2.14. The molecule has 1 N–H and O–H groups in total. The van der Waals surface area contributed by atoms with Gasteiger partial charge in [-0.25, -0.2) is 0 Å². The number of aldehydes is 1. The van der Waals surface area contributed by atoms with Crippen molar-refractivity contribution in [1.82, 2.24) is 0 Å². The third kappa shape index (κ3) is 12.7. The van der Waals surface area contributed by atoms with Crippen LogP contribution in [0.2, 0.25) is 0 Å². The van der Waals surface area contributed by atoms with Gasteiger partial charge in [0.1, 0.15) is 12.4 Å². The lowest BCUT2D eigenvalue weighted by Crippen LogP contribution is -2.33. The fraction of sp³-hybridized carbons (Fsp3) is 0.722. The maximum atomic E-state index is 11.1. The second-order valence-corrected chi connectivity index (χ2v) is 5.75. The van der Waals surface area contributed by atoms with E-state index in [-0.39, 0.29) is 4.92 Å². The molecule has 2 atom stereocenters. The third-order valence-electron chi connectivity index (χ3n) is 3.76. The van der Waals surface area contributed by atoms with Gasteiger partial charge in [-0.15, -0.1) is 0 Å². The van der Waals surface area contributed by atoms with Crippen LogP contribution in [0.25, 0.3) is 0 Å². The summed E-state index contributed by atoms with van der Waals surface area (Å²) in [5.41, 5.74) is 0. The maximum absolute atomic E-state index is 11.1. The zero-order chi connectivity index (χ0) is 17.3. The van der Waals surface area contributed by atoms with Crippen LogP contribution in [-0.4, -0.2) is 28.5 Å². The second kappa shape index (κ2) is 15.4. The van der Waals surface area contributed by atoms with Gasteiger partial charge < -0.3 is 9.90 Å². The molecule has 0 aliphatic heterocycles. The molecular formula is C18H31NO4.